The summed E-state index contributed by atoms with van der Waals surface area (Å²) in [6.07, 6.45) is 0. The standard InChI is InChI=1S/C25H17Cl4NO6/c1-35-23-14(10-16(28)24(36-2)19(23)29)21(32)18-20(11-3-8-17(31)15(27)9-11)30(25(34)22(18)33)13-6-4-12(26)5-7-13/h3-10,20,31-32H,1-2H3/b21-18+. The Bertz CT molecular complexity index is 1420. The fraction of sp³-hybridized carbons (Fsp3) is 0.120. The molecule has 1 aliphatic rings. The third kappa shape index (κ3) is 4.33. The van der Waals surface area contributed by atoms with Crippen LogP contribution >= 0.6 is 46.4 Å². The number of hydrogen-bond acceptors (Lipinski definition) is 6. The Morgan fingerprint density at radius 3 is 2.11 bits per heavy atom. The summed E-state index contributed by atoms with van der Waals surface area (Å²) in [6, 6.07) is 10.6. The minimum atomic E-state index is -1.13. The Morgan fingerprint density at radius 1 is 0.889 bits per heavy atom. The number of Topliss-reactive ketones (excluding diaryl/α,β-unsaturated/α-hetero) is 1. The second kappa shape index (κ2) is 10.1. The van der Waals surface area contributed by atoms with Crippen LogP contribution in [0.15, 0.2) is 54.1 Å². The molecule has 0 radical (unpaired) electrons. The third-order valence-electron chi connectivity index (χ3n) is 5.63. The highest BCUT2D eigenvalue weighted by atomic mass is 35.5. The highest BCUT2D eigenvalue weighted by Crippen LogP contribution is 2.48. The van der Waals surface area contributed by atoms with E-state index in [9.17, 15) is 19.8 Å². The van der Waals surface area contributed by atoms with Gasteiger partial charge in [0.05, 0.1) is 41.4 Å². The maximum Gasteiger partial charge on any atom is 0.300 e. The molecule has 1 unspecified atom stereocenters. The molecule has 1 amide bonds. The number of carbonyl (C=O) groups is 2. The first kappa shape index (κ1) is 26.0. The van der Waals surface area contributed by atoms with Crippen molar-refractivity contribution in [1.29, 1.82) is 0 Å². The molecular formula is C25H17Cl4NO6. The lowest BCUT2D eigenvalue weighted by molar-refractivity contribution is -0.132. The van der Waals surface area contributed by atoms with Crippen LogP contribution in [0.5, 0.6) is 17.2 Å². The maximum absolute atomic E-state index is 13.3. The number of aromatic hydroxyl groups is 1. The molecule has 1 heterocycles. The van der Waals surface area contributed by atoms with Crippen LogP contribution in [-0.4, -0.2) is 36.1 Å². The number of nitrogens with zero attached hydrogens (tertiary/aromatic N) is 1. The van der Waals surface area contributed by atoms with E-state index in [0.29, 0.717) is 16.3 Å². The van der Waals surface area contributed by atoms with Crippen molar-refractivity contribution in [1.82, 2.24) is 0 Å². The molecular weight excluding hydrogens is 552 g/mol. The van der Waals surface area contributed by atoms with Crippen LogP contribution in [0.4, 0.5) is 5.69 Å². The van der Waals surface area contributed by atoms with Crippen molar-refractivity contribution >= 4 is 69.5 Å². The fourth-order valence-electron chi connectivity index (χ4n) is 4.00. The molecule has 3 aromatic carbocycles. The van der Waals surface area contributed by atoms with Gasteiger partial charge in [0.1, 0.15) is 16.5 Å². The molecule has 0 aliphatic carbocycles. The van der Waals surface area contributed by atoms with Crippen LogP contribution in [0.3, 0.4) is 0 Å². The van der Waals surface area contributed by atoms with Gasteiger partial charge in [-0.2, -0.15) is 0 Å². The average Bonchev–Trinajstić information content (AvgIpc) is 3.11. The van der Waals surface area contributed by atoms with Gasteiger partial charge in [-0.3, -0.25) is 14.5 Å². The lowest BCUT2D eigenvalue weighted by Gasteiger charge is -2.26. The minimum absolute atomic E-state index is 0.0117. The number of ether oxygens (including phenoxy) is 2. The predicted octanol–water partition coefficient (Wildman–Crippen LogP) is 6.65. The minimum Gasteiger partial charge on any atom is -0.507 e. The van der Waals surface area contributed by atoms with E-state index < -0.39 is 23.5 Å². The van der Waals surface area contributed by atoms with Gasteiger partial charge in [0.15, 0.2) is 11.5 Å². The third-order valence-corrected chi connectivity index (χ3v) is 6.81. The van der Waals surface area contributed by atoms with E-state index in [2.05, 4.69) is 0 Å². The Hall–Kier alpha value is -3.10. The Labute approximate surface area is 226 Å². The first-order valence-corrected chi connectivity index (χ1v) is 11.8. The number of carbonyl (C=O) groups excluding carboxylic acids is 2. The summed E-state index contributed by atoms with van der Waals surface area (Å²) < 4.78 is 10.6. The normalized spacial score (nSPS) is 16.9. The summed E-state index contributed by atoms with van der Waals surface area (Å²) in [5.74, 6) is -2.56. The lowest BCUT2D eigenvalue weighted by Crippen LogP contribution is -2.29. The van der Waals surface area contributed by atoms with Gasteiger partial charge in [-0.15, -0.1) is 0 Å². The number of benzene rings is 3. The van der Waals surface area contributed by atoms with Gasteiger partial charge in [-0.05, 0) is 48.0 Å². The molecule has 36 heavy (non-hydrogen) atoms. The topological polar surface area (TPSA) is 96.3 Å². The average molecular weight is 569 g/mol. The van der Waals surface area contributed by atoms with Crippen molar-refractivity contribution in [2.45, 2.75) is 6.04 Å². The molecule has 7 nitrogen and oxygen atoms in total. The van der Waals surface area contributed by atoms with Crippen molar-refractivity contribution in [3.63, 3.8) is 0 Å². The molecule has 0 saturated carbocycles. The second-order valence-corrected chi connectivity index (χ2v) is 9.27. The second-order valence-electron chi connectivity index (χ2n) is 7.64. The lowest BCUT2D eigenvalue weighted by atomic mass is 9.94. The molecule has 1 atom stereocenters. The number of anilines is 1. The van der Waals surface area contributed by atoms with Crippen LogP contribution in [0, 0.1) is 0 Å². The molecule has 2 N–H and O–H groups in total. The van der Waals surface area contributed by atoms with Crippen molar-refractivity contribution in [3.05, 3.63) is 85.3 Å². The number of halogens is 4. The van der Waals surface area contributed by atoms with Gasteiger partial charge in [-0.1, -0.05) is 52.5 Å². The van der Waals surface area contributed by atoms with Gasteiger partial charge in [0.25, 0.3) is 11.7 Å². The van der Waals surface area contributed by atoms with Gasteiger partial charge >= 0.3 is 0 Å². The largest absolute Gasteiger partial charge is 0.507 e. The Morgan fingerprint density at radius 2 is 1.53 bits per heavy atom. The van der Waals surface area contributed by atoms with Crippen LogP contribution in [-0.2, 0) is 9.59 Å². The van der Waals surface area contributed by atoms with Crippen LogP contribution < -0.4 is 14.4 Å². The number of rotatable bonds is 5. The number of aliphatic hydroxyl groups excluding tert-OH is 1. The molecule has 0 bridgehead atoms. The molecule has 11 heteroatoms. The van der Waals surface area contributed by atoms with Crippen LogP contribution in [0.25, 0.3) is 5.76 Å². The first-order valence-electron chi connectivity index (χ1n) is 10.3. The maximum atomic E-state index is 13.3. The molecule has 1 saturated heterocycles. The molecule has 0 spiro atoms. The van der Waals surface area contributed by atoms with Gasteiger partial charge < -0.3 is 19.7 Å². The zero-order valence-corrected chi connectivity index (χ0v) is 21.7. The van der Waals surface area contributed by atoms with Gasteiger partial charge in [0.2, 0.25) is 0 Å². The van der Waals surface area contributed by atoms with Gasteiger partial charge in [0, 0.05) is 10.7 Å². The number of hydrogen-bond donors (Lipinski definition) is 2. The molecule has 3 aromatic rings. The summed E-state index contributed by atoms with van der Waals surface area (Å²) >= 11 is 24.8. The van der Waals surface area contributed by atoms with Crippen molar-refractivity contribution in [2.24, 2.45) is 0 Å². The van der Waals surface area contributed by atoms with Crippen LogP contribution in [0.2, 0.25) is 20.1 Å². The van der Waals surface area contributed by atoms with E-state index in [-0.39, 0.29) is 43.5 Å². The Balaban J connectivity index is 2.03. The summed E-state index contributed by atoms with van der Waals surface area (Å²) in [5.41, 5.74) is 0.385. The fourth-order valence-corrected chi connectivity index (χ4v) is 5.00. The summed E-state index contributed by atoms with van der Waals surface area (Å²) in [4.78, 5) is 27.8. The predicted molar refractivity (Wildman–Crippen MR) is 139 cm³/mol. The molecule has 1 aliphatic heterocycles. The number of ketones is 1. The first-order chi connectivity index (χ1) is 17.1. The van der Waals surface area contributed by atoms with E-state index >= 15 is 0 Å². The molecule has 4 rings (SSSR count). The number of methoxy groups -OCH3 is 2. The monoisotopic (exact) mass is 567 g/mol. The zero-order valence-electron chi connectivity index (χ0n) is 18.7. The summed E-state index contributed by atoms with van der Waals surface area (Å²) in [6.45, 7) is 0. The SMILES string of the molecule is COc1c(Cl)cc(/C(O)=C2\C(=O)C(=O)N(c3ccc(Cl)cc3)C2c2ccc(O)c(Cl)c2)c(OC)c1Cl. The number of amides is 1. The van der Waals surface area contributed by atoms with E-state index in [4.69, 9.17) is 55.9 Å². The zero-order chi connectivity index (χ0) is 26.3. The van der Waals surface area contributed by atoms with E-state index in [0.717, 1.165) is 0 Å². The quantitative estimate of drug-likeness (QED) is 0.203. The summed E-state index contributed by atoms with van der Waals surface area (Å²) in [5, 5.41) is 21.8. The van der Waals surface area contributed by atoms with E-state index in [1.54, 1.807) is 24.3 Å². The highest BCUT2D eigenvalue weighted by Gasteiger charge is 2.47. The van der Waals surface area contributed by atoms with Crippen molar-refractivity contribution in [3.8, 4) is 17.2 Å². The van der Waals surface area contributed by atoms with Gasteiger partial charge in [-0.25, -0.2) is 0 Å². The van der Waals surface area contributed by atoms with Crippen molar-refractivity contribution < 1.29 is 29.3 Å². The van der Waals surface area contributed by atoms with E-state index in [1.807, 2.05) is 0 Å². The molecule has 0 aromatic heterocycles. The number of aliphatic hydroxyl groups is 1. The van der Waals surface area contributed by atoms with Crippen LogP contribution in [0.1, 0.15) is 17.2 Å². The molecule has 186 valence electrons. The molecule has 1 fully saturated rings. The van der Waals surface area contributed by atoms with E-state index in [1.165, 1.54) is 43.4 Å². The van der Waals surface area contributed by atoms with Crippen molar-refractivity contribution in [2.75, 3.05) is 19.1 Å². The smallest absolute Gasteiger partial charge is 0.300 e. The summed E-state index contributed by atoms with van der Waals surface area (Å²) in [7, 11) is 2.67. The number of phenolic OH excluding ortho intramolecular Hbond substituents is 1. The number of phenols is 1. The highest BCUT2D eigenvalue weighted by molar-refractivity contribution is 6.52. The Kier molecular flexibility index (Phi) is 7.29.